The van der Waals surface area contributed by atoms with Gasteiger partial charge in [0.05, 0.1) is 27.8 Å². The van der Waals surface area contributed by atoms with Crippen LogP contribution in [0.1, 0.15) is 35.5 Å². The lowest BCUT2D eigenvalue weighted by Gasteiger charge is -2.21. The van der Waals surface area contributed by atoms with Crippen molar-refractivity contribution >= 4 is 39.3 Å². The van der Waals surface area contributed by atoms with Crippen molar-refractivity contribution in [2.75, 3.05) is 12.4 Å². The maximum atomic E-state index is 13.2. The minimum absolute atomic E-state index is 0.210. The molecule has 1 atom stereocenters. The number of hydrogen-bond donors (Lipinski definition) is 1. The summed E-state index contributed by atoms with van der Waals surface area (Å²) in [5, 5.41) is 4.05. The van der Waals surface area contributed by atoms with E-state index in [1.54, 1.807) is 20.1 Å². The Kier molecular flexibility index (Phi) is 5.69. The number of rotatable bonds is 4. The zero-order valence-electron chi connectivity index (χ0n) is 15.8. The second-order valence-electron chi connectivity index (χ2n) is 6.51. The number of alkyl halides is 3. The Morgan fingerprint density at radius 2 is 1.86 bits per heavy atom. The van der Waals surface area contributed by atoms with Crippen LogP contribution in [-0.2, 0) is 6.18 Å². The van der Waals surface area contributed by atoms with Gasteiger partial charge in [-0.3, -0.25) is 0 Å². The first-order valence-corrected chi connectivity index (χ1v) is 9.64. The number of nitrogens with zero attached hydrogens (tertiary/aromatic N) is 2. The van der Waals surface area contributed by atoms with E-state index >= 15 is 0 Å². The van der Waals surface area contributed by atoms with Crippen molar-refractivity contribution in [1.29, 1.82) is 0 Å². The van der Waals surface area contributed by atoms with Crippen LogP contribution in [0.15, 0.2) is 30.3 Å². The van der Waals surface area contributed by atoms with Crippen molar-refractivity contribution in [2.24, 2.45) is 0 Å². The fourth-order valence-electron chi connectivity index (χ4n) is 3.23. The second kappa shape index (κ2) is 7.73. The number of anilines is 1. The zero-order valence-corrected chi connectivity index (χ0v) is 17.9. The summed E-state index contributed by atoms with van der Waals surface area (Å²) in [5.41, 5.74) is 0.866. The monoisotopic (exact) mass is 501 g/mol. The van der Waals surface area contributed by atoms with E-state index in [1.165, 1.54) is 13.0 Å². The van der Waals surface area contributed by atoms with Crippen molar-refractivity contribution in [3.8, 4) is 5.75 Å². The summed E-state index contributed by atoms with van der Waals surface area (Å²) in [7, 11) is 1.59. The van der Waals surface area contributed by atoms with Crippen molar-refractivity contribution in [3.05, 3.63) is 56.4 Å². The third kappa shape index (κ3) is 4.01. The number of aromatic nitrogens is 2. The molecule has 8 heteroatoms. The van der Waals surface area contributed by atoms with Gasteiger partial charge in [0, 0.05) is 11.5 Å². The number of benzene rings is 2. The van der Waals surface area contributed by atoms with Crippen molar-refractivity contribution < 1.29 is 17.9 Å². The summed E-state index contributed by atoms with van der Waals surface area (Å²) >= 11 is 2.16. The van der Waals surface area contributed by atoms with Crippen molar-refractivity contribution in [2.45, 2.75) is 33.0 Å². The highest BCUT2D eigenvalue weighted by molar-refractivity contribution is 14.1. The lowest BCUT2D eigenvalue weighted by Crippen LogP contribution is -2.14. The standard InChI is InChI=1S/C20H19F3IN3O/c1-10-13(6-5-7-15(10)20(21,22)23)11(2)25-19-14-8-16(24)18(28-4)9-17(14)26-12(3)27-19/h5-9,11H,1-4H3,(H,25,26,27). The van der Waals surface area contributed by atoms with Crippen molar-refractivity contribution in [3.63, 3.8) is 0 Å². The molecule has 0 aliphatic heterocycles. The molecule has 1 heterocycles. The van der Waals surface area contributed by atoms with Crippen LogP contribution in [0.4, 0.5) is 19.0 Å². The molecule has 28 heavy (non-hydrogen) atoms. The van der Waals surface area contributed by atoms with Gasteiger partial charge >= 0.3 is 6.18 Å². The molecule has 1 N–H and O–H groups in total. The van der Waals surface area contributed by atoms with Crippen LogP contribution in [0.3, 0.4) is 0 Å². The molecule has 0 amide bonds. The quantitative estimate of drug-likeness (QED) is 0.443. The number of ether oxygens (including phenoxy) is 1. The molecule has 0 spiro atoms. The third-order valence-electron chi connectivity index (χ3n) is 4.58. The van der Waals surface area contributed by atoms with E-state index in [0.717, 1.165) is 15.0 Å². The average Bonchev–Trinajstić information content (AvgIpc) is 2.60. The molecule has 148 valence electrons. The summed E-state index contributed by atoms with van der Waals surface area (Å²) in [6.07, 6.45) is -4.38. The first-order valence-electron chi connectivity index (χ1n) is 8.57. The Hall–Kier alpha value is -2.10. The number of methoxy groups -OCH3 is 1. The third-order valence-corrected chi connectivity index (χ3v) is 5.42. The molecule has 0 aliphatic carbocycles. The van der Waals surface area contributed by atoms with Gasteiger partial charge in [-0.2, -0.15) is 13.2 Å². The first-order chi connectivity index (χ1) is 13.1. The molecular formula is C20H19F3IN3O. The number of aryl methyl sites for hydroxylation is 1. The molecule has 2 aromatic carbocycles. The van der Waals surface area contributed by atoms with Crippen LogP contribution in [0.5, 0.6) is 5.75 Å². The summed E-state index contributed by atoms with van der Waals surface area (Å²) in [6.45, 7) is 5.09. The van der Waals surface area contributed by atoms with Crippen LogP contribution in [0, 0.1) is 17.4 Å². The molecule has 1 aromatic heterocycles. The number of hydrogen-bond acceptors (Lipinski definition) is 4. The van der Waals surface area contributed by atoms with E-state index < -0.39 is 11.7 Å². The Balaban J connectivity index is 2.05. The molecule has 0 radical (unpaired) electrons. The topological polar surface area (TPSA) is 47.0 Å². The summed E-state index contributed by atoms with van der Waals surface area (Å²) in [5.74, 6) is 1.84. The highest BCUT2D eigenvalue weighted by atomic mass is 127. The molecule has 0 bridgehead atoms. The fourth-order valence-corrected chi connectivity index (χ4v) is 3.91. The first kappa shape index (κ1) is 20.6. The normalized spacial score (nSPS) is 12.9. The van der Waals surface area contributed by atoms with Crippen LogP contribution >= 0.6 is 22.6 Å². The Bertz CT molecular complexity index is 1040. The Morgan fingerprint density at radius 3 is 2.50 bits per heavy atom. The minimum Gasteiger partial charge on any atom is -0.496 e. The lowest BCUT2D eigenvalue weighted by molar-refractivity contribution is -0.138. The van der Waals surface area contributed by atoms with Gasteiger partial charge in [-0.1, -0.05) is 12.1 Å². The largest absolute Gasteiger partial charge is 0.496 e. The molecule has 3 rings (SSSR count). The van der Waals surface area contributed by atoms with Gasteiger partial charge in [0.25, 0.3) is 0 Å². The molecule has 0 fully saturated rings. The highest BCUT2D eigenvalue weighted by Crippen LogP contribution is 2.36. The predicted octanol–water partition coefficient (Wildman–Crippen LogP) is 6.05. The summed E-state index contributed by atoms with van der Waals surface area (Å²) in [4.78, 5) is 8.92. The SMILES string of the molecule is COc1cc2nc(C)nc(NC(C)c3cccc(C(F)(F)F)c3C)c2cc1I. The van der Waals surface area contributed by atoms with Crippen LogP contribution in [-0.4, -0.2) is 17.1 Å². The van der Waals surface area contributed by atoms with Gasteiger partial charge in [0.2, 0.25) is 0 Å². The van der Waals surface area contributed by atoms with E-state index in [-0.39, 0.29) is 11.6 Å². The van der Waals surface area contributed by atoms with Gasteiger partial charge in [-0.25, -0.2) is 9.97 Å². The van der Waals surface area contributed by atoms with Crippen molar-refractivity contribution in [1.82, 2.24) is 9.97 Å². The second-order valence-corrected chi connectivity index (χ2v) is 7.67. The molecule has 0 aliphatic rings. The molecule has 0 saturated carbocycles. The molecular weight excluding hydrogens is 482 g/mol. The highest BCUT2D eigenvalue weighted by Gasteiger charge is 2.33. The lowest BCUT2D eigenvalue weighted by atomic mass is 9.97. The van der Waals surface area contributed by atoms with E-state index in [0.29, 0.717) is 28.5 Å². The summed E-state index contributed by atoms with van der Waals surface area (Å²) < 4.78 is 46.0. The van der Waals surface area contributed by atoms with E-state index in [2.05, 4.69) is 37.9 Å². The van der Waals surface area contributed by atoms with Crippen LogP contribution in [0.25, 0.3) is 10.9 Å². The Labute approximate surface area is 174 Å². The molecule has 1 unspecified atom stereocenters. The maximum absolute atomic E-state index is 13.2. The molecule has 3 aromatic rings. The van der Waals surface area contributed by atoms with Gasteiger partial charge in [0.15, 0.2) is 0 Å². The van der Waals surface area contributed by atoms with Gasteiger partial charge < -0.3 is 10.1 Å². The van der Waals surface area contributed by atoms with Gasteiger partial charge in [0.1, 0.15) is 17.4 Å². The summed E-state index contributed by atoms with van der Waals surface area (Å²) in [6, 6.07) is 7.59. The smallest absolute Gasteiger partial charge is 0.416 e. The number of fused-ring (bicyclic) bond motifs is 1. The number of halogens is 4. The molecule has 0 saturated heterocycles. The Morgan fingerprint density at radius 1 is 1.14 bits per heavy atom. The van der Waals surface area contributed by atoms with Crippen LogP contribution < -0.4 is 10.1 Å². The van der Waals surface area contributed by atoms with Crippen LogP contribution in [0.2, 0.25) is 0 Å². The maximum Gasteiger partial charge on any atom is 0.416 e. The average molecular weight is 501 g/mol. The minimum atomic E-state index is -4.38. The van der Waals surface area contributed by atoms with Gasteiger partial charge in [-0.05, 0) is 66.6 Å². The van der Waals surface area contributed by atoms with E-state index in [1.807, 2.05) is 19.1 Å². The fraction of sp³-hybridized carbons (Fsp3) is 0.300. The number of nitrogens with one attached hydrogen (secondary N) is 1. The molecule has 4 nitrogen and oxygen atoms in total. The van der Waals surface area contributed by atoms with Gasteiger partial charge in [-0.15, -0.1) is 0 Å². The predicted molar refractivity (Wildman–Crippen MR) is 112 cm³/mol. The van der Waals surface area contributed by atoms with E-state index in [4.69, 9.17) is 4.74 Å². The zero-order chi connectivity index (χ0) is 20.6. The van der Waals surface area contributed by atoms with E-state index in [9.17, 15) is 13.2 Å².